The van der Waals surface area contributed by atoms with Gasteiger partial charge < -0.3 is 10.1 Å². The summed E-state index contributed by atoms with van der Waals surface area (Å²) in [5, 5.41) is 3.56. The van der Waals surface area contributed by atoms with E-state index >= 15 is 0 Å². The van der Waals surface area contributed by atoms with Crippen molar-refractivity contribution in [2.45, 2.75) is 25.2 Å². The lowest BCUT2D eigenvalue weighted by atomic mass is 9.69. The molecule has 2 fully saturated rings. The van der Waals surface area contributed by atoms with Gasteiger partial charge in [0.25, 0.3) is 0 Å². The number of ether oxygens (including phenoxy) is 1. The lowest BCUT2D eigenvalue weighted by Gasteiger charge is -2.40. The molecule has 3 atom stereocenters. The second kappa shape index (κ2) is 4.65. The van der Waals surface area contributed by atoms with Gasteiger partial charge in [-0.05, 0) is 55.7 Å². The zero-order valence-corrected chi connectivity index (χ0v) is 10.4. The first-order valence-electron chi connectivity index (χ1n) is 6.57. The molecule has 1 aromatic heterocycles. The molecule has 1 aliphatic heterocycles. The lowest BCUT2D eigenvalue weighted by molar-refractivity contribution is 0.179. The molecule has 92 valence electrons. The minimum absolute atomic E-state index is 0.692. The molecule has 17 heavy (non-hydrogen) atoms. The van der Waals surface area contributed by atoms with Gasteiger partial charge in [0.2, 0.25) is 5.88 Å². The molecule has 0 spiro atoms. The maximum Gasteiger partial charge on any atom is 0.212 e. The molecule has 1 aromatic rings. The Morgan fingerprint density at radius 1 is 1.29 bits per heavy atom. The Labute approximate surface area is 103 Å². The predicted octanol–water partition coefficient (Wildman–Crippen LogP) is 2.19. The van der Waals surface area contributed by atoms with Gasteiger partial charge in [-0.15, -0.1) is 0 Å². The molecule has 3 unspecified atom stereocenters. The van der Waals surface area contributed by atoms with E-state index in [0.29, 0.717) is 11.8 Å². The van der Waals surface area contributed by atoms with Crippen molar-refractivity contribution in [2.75, 3.05) is 20.2 Å². The third kappa shape index (κ3) is 2.16. The Morgan fingerprint density at radius 3 is 3.00 bits per heavy atom. The van der Waals surface area contributed by atoms with Crippen molar-refractivity contribution in [3.8, 4) is 5.88 Å². The van der Waals surface area contributed by atoms with Gasteiger partial charge in [0.1, 0.15) is 0 Å². The van der Waals surface area contributed by atoms with Gasteiger partial charge >= 0.3 is 0 Å². The van der Waals surface area contributed by atoms with Crippen molar-refractivity contribution in [1.82, 2.24) is 10.3 Å². The SMILES string of the molecule is COc1ccc(C2CCC3CNCC2C3)cn1. The van der Waals surface area contributed by atoms with Gasteiger partial charge in [0.05, 0.1) is 7.11 Å². The van der Waals surface area contributed by atoms with Crippen LogP contribution in [0.1, 0.15) is 30.7 Å². The first-order chi connectivity index (χ1) is 8.36. The monoisotopic (exact) mass is 232 g/mol. The summed E-state index contributed by atoms with van der Waals surface area (Å²) < 4.78 is 5.11. The van der Waals surface area contributed by atoms with Crippen LogP contribution in [0.4, 0.5) is 0 Å². The van der Waals surface area contributed by atoms with Gasteiger partial charge in [-0.1, -0.05) is 6.07 Å². The van der Waals surface area contributed by atoms with Gasteiger partial charge in [-0.25, -0.2) is 4.98 Å². The van der Waals surface area contributed by atoms with Gasteiger partial charge in [-0.2, -0.15) is 0 Å². The van der Waals surface area contributed by atoms with Crippen molar-refractivity contribution in [2.24, 2.45) is 11.8 Å². The van der Waals surface area contributed by atoms with Crippen LogP contribution in [0.3, 0.4) is 0 Å². The summed E-state index contributed by atoms with van der Waals surface area (Å²) in [5.74, 6) is 3.12. The van der Waals surface area contributed by atoms with Crippen LogP contribution < -0.4 is 10.1 Å². The van der Waals surface area contributed by atoms with E-state index in [1.54, 1.807) is 7.11 Å². The van der Waals surface area contributed by atoms with Crippen molar-refractivity contribution in [3.05, 3.63) is 23.9 Å². The van der Waals surface area contributed by atoms with Crippen LogP contribution in [0.25, 0.3) is 0 Å². The number of hydrogen-bond acceptors (Lipinski definition) is 3. The number of nitrogens with one attached hydrogen (secondary N) is 1. The van der Waals surface area contributed by atoms with E-state index in [-0.39, 0.29) is 0 Å². The minimum Gasteiger partial charge on any atom is -0.481 e. The molecule has 3 heteroatoms. The van der Waals surface area contributed by atoms with Gasteiger partial charge in [0, 0.05) is 12.3 Å². The van der Waals surface area contributed by atoms with E-state index in [1.165, 1.54) is 37.9 Å². The van der Waals surface area contributed by atoms with Crippen LogP contribution in [0.5, 0.6) is 5.88 Å². The predicted molar refractivity (Wildman–Crippen MR) is 67.2 cm³/mol. The average molecular weight is 232 g/mol. The molecule has 0 amide bonds. The molecular formula is C14H20N2O. The van der Waals surface area contributed by atoms with Crippen LogP contribution in [0, 0.1) is 11.8 Å². The molecule has 0 radical (unpaired) electrons. The smallest absolute Gasteiger partial charge is 0.212 e. The summed E-state index contributed by atoms with van der Waals surface area (Å²) in [5.41, 5.74) is 1.39. The van der Waals surface area contributed by atoms with Crippen LogP contribution in [-0.4, -0.2) is 25.2 Å². The fourth-order valence-corrected chi connectivity index (χ4v) is 3.42. The Morgan fingerprint density at radius 2 is 2.24 bits per heavy atom. The molecule has 2 bridgehead atoms. The Balaban J connectivity index is 1.78. The highest BCUT2D eigenvalue weighted by atomic mass is 16.5. The Bertz CT molecular complexity index is 376. The van der Waals surface area contributed by atoms with Crippen LogP contribution >= 0.6 is 0 Å². The van der Waals surface area contributed by atoms with Gasteiger partial charge in [-0.3, -0.25) is 0 Å². The summed E-state index contributed by atoms with van der Waals surface area (Å²) >= 11 is 0. The normalized spacial score (nSPS) is 32.2. The third-order valence-electron chi connectivity index (χ3n) is 4.33. The van der Waals surface area contributed by atoms with E-state index in [1.807, 2.05) is 12.3 Å². The van der Waals surface area contributed by atoms with Crippen molar-refractivity contribution < 1.29 is 4.74 Å². The highest BCUT2D eigenvalue weighted by Crippen LogP contribution is 2.41. The summed E-state index contributed by atoms with van der Waals surface area (Å²) in [4.78, 5) is 4.34. The highest BCUT2D eigenvalue weighted by molar-refractivity contribution is 5.23. The van der Waals surface area contributed by atoms with Crippen molar-refractivity contribution >= 4 is 0 Å². The summed E-state index contributed by atoms with van der Waals surface area (Å²) in [7, 11) is 1.66. The molecule has 1 aliphatic carbocycles. The number of nitrogens with zero attached hydrogens (tertiary/aromatic N) is 1. The van der Waals surface area contributed by atoms with Gasteiger partial charge in [0.15, 0.2) is 0 Å². The summed E-state index contributed by atoms with van der Waals surface area (Å²) in [6.45, 7) is 2.40. The number of hydrogen-bond donors (Lipinski definition) is 1. The average Bonchev–Trinajstić information content (AvgIpc) is 2.40. The summed E-state index contributed by atoms with van der Waals surface area (Å²) in [6.07, 6.45) is 6.08. The second-order valence-corrected chi connectivity index (χ2v) is 5.34. The number of piperidine rings is 1. The van der Waals surface area contributed by atoms with Crippen LogP contribution in [0.2, 0.25) is 0 Å². The molecule has 2 aliphatic rings. The first kappa shape index (κ1) is 11.0. The third-order valence-corrected chi connectivity index (χ3v) is 4.33. The molecule has 0 aromatic carbocycles. The Hall–Kier alpha value is -1.09. The summed E-state index contributed by atoms with van der Waals surface area (Å²) in [6, 6.07) is 4.17. The lowest BCUT2D eigenvalue weighted by Crippen LogP contribution is -2.42. The fraction of sp³-hybridized carbons (Fsp3) is 0.643. The zero-order valence-electron chi connectivity index (χ0n) is 10.4. The number of aromatic nitrogens is 1. The van der Waals surface area contributed by atoms with E-state index in [2.05, 4.69) is 16.4 Å². The quantitative estimate of drug-likeness (QED) is 0.848. The first-order valence-corrected chi connectivity index (χ1v) is 6.57. The molecule has 1 saturated heterocycles. The number of methoxy groups -OCH3 is 1. The highest BCUT2D eigenvalue weighted by Gasteiger charge is 2.34. The van der Waals surface area contributed by atoms with E-state index in [0.717, 1.165) is 11.8 Å². The largest absolute Gasteiger partial charge is 0.481 e. The maximum atomic E-state index is 5.11. The van der Waals surface area contributed by atoms with E-state index < -0.39 is 0 Å². The molecule has 2 heterocycles. The minimum atomic E-state index is 0.692. The van der Waals surface area contributed by atoms with E-state index in [9.17, 15) is 0 Å². The van der Waals surface area contributed by atoms with Crippen molar-refractivity contribution in [3.63, 3.8) is 0 Å². The molecule has 3 rings (SSSR count). The topological polar surface area (TPSA) is 34.1 Å². The van der Waals surface area contributed by atoms with E-state index in [4.69, 9.17) is 4.74 Å². The van der Waals surface area contributed by atoms with Crippen LogP contribution in [0.15, 0.2) is 18.3 Å². The Kier molecular flexibility index (Phi) is 3.02. The molecule has 3 nitrogen and oxygen atoms in total. The van der Waals surface area contributed by atoms with Crippen LogP contribution in [-0.2, 0) is 0 Å². The zero-order chi connectivity index (χ0) is 11.7. The number of pyridine rings is 1. The molecule has 1 N–H and O–H groups in total. The molecular weight excluding hydrogens is 212 g/mol. The number of rotatable bonds is 2. The second-order valence-electron chi connectivity index (χ2n) is 5.34. The molecule has 1 saturated carbocycles. The number of fused-ring (bicyclic) bond motifs is 2. The standard InChI is InChI=1S/C14H20N2O/c1-17-14-5-3-11(9-16-14)13-4-2-10-6-12(13)8-15-7-10/h3,5,9-10,12-13,15H,2,4,6-8H2,1H3. The fourth-order valence-electron chi connectivity index (χ4n) is 3.42. The maximum absolute atomic E-state index is 5.11. The van der Waals surface area contributed by atoms with Crippen molar-refractivity contribution in [1.29, 1.82) is 0 Å².